The predicted octanol–water partition coefficient (Wildman–Crippen LogP) is 3.76. The van der Waals surface area contributed by atoms with Crippen LogP contribution < -0.4 is 0 Å². The van der Waals surface area contributed by atoms with Crippen molar-refractivity contribution in [3.05, 3.63) is 34.1 Å². The van der Waals surface area contributed by atoms with Crippen LogP contribution in [-0.2, 0) is 0 Å². The minimum atomic E-state index is -0.367. The summed E-state index contributed by atoms with van der Waals surface area (Å²) in [5, 5.41) is 10.8. The Hall–Kier alpha value is -1.91. The van der Waals surface area contributed by atoms with Gasteiger partial charge in [-0.1, -0.05) is 19.3 Å². The monoisotopic (exact) mass is 259 g/mol. The number of aromatic nitrogens is 2. The van der Waals surface area contributed by atoms with E-state index in [2.05, 4.69) is 9.55 Å². The van der Waals surface area contributed by atoms with Gasteiger partial charge in [-0.15, -0.1) is 0 Å². The number of non-ortho nitro benzene ring substituents is 1. The summed E-state index contributed by atoms with van der Waals surface area (Å²) in [6.07, 6.45) is 6.20. The van der Waals surface area contributed by atoms with E-state index < -0.39 is 0 Å². The van der Waals surface area contributed by atoms with E-state index in [1.165, 1.54) is 32.1 Å². The molecule has 0 unspecified atom stereocenters. The summed E-state index contributed by atoms with van der Waals surface area (Å²) in [4.78, 5) is 14.9. The van der Waals surface area contributed by atoms with Crippen LogP contribution in [-0.4, -0.2) is 14.5 Å². The Morgan fingerprint density at radius 1 is 1.32 bits per heavy atom. The third-order valence-electron chi connectivity index (χ3n) is 4.00. The van der Waals surface area contributed by atoms with E-state index in [1.54, 1.807) is 12.1 Å². The fraction of sp³-hybridized carbons (Fsp3) is 0.500. The summed E-state index contributed by atoms with van der Waals surface area (Å²) < 4.78 is 2.26. The van der Waals surface area contributed by atoms with Crippen LogP contribution in [0.3, 0.4) is 0 Å². The molecule has 0 atom stereocenters. The van der Waals surface area contributed by atoms with Crippen LogP contribution >= 0.6 is 0 Å². The quantitative estimate of drug-likeness (QED) is 0.609. The fourth-order valence-corrected chi connectivity index (χ4v) is 3.12. The lowest BCUT2D eigenvalue weighted by Crippen LogP contribution is -2.13. The van der Waals surface area contributed by atoms with E-state index in [0.29, 0.717) is 6.04 Å². The van der Waals surface area contributed by atoms with Gasteiger partial charge < -0.3 is 4.57 Å². The number of nitro benzene ring substituents is 1. The van der Waals surface area contributed by atoms with Crippen molar-refractivity contribution in [2.45, 2.75) is 45.1 Å². The van der Waals surface area contributed by atoms with Crippen LogP contribution in [0.25, 0.3) is 11.0 Å². The average molecular weight is 259 g/mol. The fourth-order valence-electron chi connectivity index (χ4n) is 3.12. The molecule has 5 nitrogen and oxygen atoms in total. The molecule has 0 bridgehead atoms. The van der Waals surface area contributed by atoms with Crippen LogP contribution in [0, 0.1) is 17.0 Å². The molecule has 1 heterocycles. The number of aryl methyl sites for hydroxylation is 1. The van der Waals surface area contributed by atoms with Gasteiger partial charge in [0.2, 0.25) is 0 Å². The summed E-state index contributed by atoms with van der Waals surface area (Å²) in [5.74, 6) is 0.961. The maximum Gasteiger partial charge on any atom is 0.271 e. The van der Waals surface area contributed by atoms with Gasteiger partial charge in [0.1, 0.15) is 5.82 Å². The van der Waals surface area contributed by atoms with Crippen LogP contribution in [0.15, 0.2) is 18.2 Å². The zero-order valence-corrected chi connectivity index (χ0v) is 11.0. The molecule has 19 heavy (non-hydrogen) atoms. The maximum atomic E-state index is 10.8. The van der Waals surface area contributed by atoms with Crippen molar-refractivity contribution >= 4 is 16.7 Å². The molecular formula is C14H17N3O2. The van der Waals surface area contributed by atoms with E-state index in [0.717, 1.165) is 16.9 Å². The van der Waals surface area contributed by atoms with Gasteiger partial charge >= 0.3 is 0 Å². The highest BCUT2D eigenvalue weighted by molar-refractivity contribution is 5.78. The van der Waals surface area contributed by atoms with E-state index in [1.807, 2.05) is 13.0 Å². The zero-order chi connectivity index (χ0) is 13.4. The number of imidazole rings is 1. The molecule has 100 valence electrons. The Balaban J connectivity index is 2.09. The molecule has 2 aromatic rings. The highest BCUT2D eigenvalue weighted by atomic mass is 16.6. The third kappa shape index (κ3) is 2.09. The molecule has 1 aromatic carbocycles. The zero-order valence-electron chi connectivity index (χ0n) is 11.0. The third-order valence-corrected chi connectivity index (χ3v) is 4.00. The Morgan fingerprint density at radius 3 is 2.74 bits per heavy atom. The number of hydrogen-bond donors (Lipinski definition) is 0. The molecule has 0 amide bonds. The van der Waals surface area contributed by atoms with Crippen molar-refractivity contribution in [2.24, 2.45) is 0 Å². The molecule has 0 aliphatic heterocycles. The first-order chi connectivity index (χ1) is 9.16. The first-order valence-electron chi connectivity index (χ1n) is 6.80. The van der Waals surface area contributed by atoms with Gasteiger partial charge in [0, 0.05) is 18.2 Å². The molecule has 3 rings (SSSR count). The first-order valence-corrected chi connectivity index (χ1v) is 6.80. The number of benzene rings is 1. The molecule has 1 fully saturated rings. The second kappa shape index (κ2) is 4.64. The molecule has 1 aromatic heterocycles. The topological polar surface area (TPSA) is 61.0 Å². The molecule has 0 spiro atoms. The molecular weight excluding hydrogens is 242 g/mol. The molecule has 0 N–H and O–H groups in total. The Kier molecular flexibility index (Phi) is 2.97. The first kappa shape index (κ1) is 12.1. The highest BCUT2D eigenvalue weighted by Crippen LogP contribution is 2.33. The second-order valence-electron chi connectivity index (χ2n) is 5.25. The van der Waals surface area contributed by atoms with Crippen LogP contribution in [0.4, 0.5) is 5.69 Å². The van der Waals surface area contributed by atoms with Gasteiger partial charge in [-0.05, 0) is 25.8 Å². The average Bonchev–Trinajstić information content (AvgIpc) is 2.74. The Bertz CT molecular complexity index is 627. The SMILES string of the molecule is Cc1nc2cc([N+](=O)[O-])ccc2n1C1CCCCC1. The van der Waals surface area contributed by atoms with Crippen molar-refractivity contribution in [2.75, 3.05) is 0 Å². The largest absolute Gasteiger partial charge is 0.325 e. The van der Waals surface area contributed by atoms with Gasteiger partial charge in [-0.2, -0.15) is 0 Å². The molecule has 5 heteroatoms. The number of nitro groups is 1. The summed E-state index contributed by atoms with van der Waals surface area (Å²) >= 11 is 0. The highest BCUT2D eigenvalue weighted by Gasteiger charge is 2.20. The lowest BCUT2D eigenvalue weighted by Gasteiger charge is -2.24. The van der Waals surface area contributed by atoms with Gasteiger partial charge in [0.15, 0.2) is 0 Å². The normalized spacial score (nSPS) is 16.9. The summed E-state index contributed by atoms with van der Waals surface area (Å²) in [6, 6.07) is 5.48. The lowest BCUT2D eigenvalue weighted by atomic mass is 9.95. The minimum Gasteiger partial charge on any atom is -0.325 e. The minimum absolute atomic E-state index is 0.112. The summed E-state index contributed by atoms with van der Waals surface area (Å²) in [6.45, 7) is 1.99. The Labute approximate surface area is 111 Å². The molecule has 1 aliphatic rings. The summed E-state index contributed by atoms with van der Waals surface area (Å²) in [7, 11) is 0. The van der Waals surface area contributed by atoms with E-state index >= 15 is 0 Å². The number of hydrogen-bond acceptors (Lipinski definition) is 3. The van der Waals surface area contributed by atoms with E-state index in [4.69, 9.17) is 0 Å². The number of nitrogens with zero attached hydrogens (tertiary/aromatic N) is 3. The molecule has 1 saturated carbocycles. The standard InChI is InChI=1S/C14H17N3O2/c1-10-15-13-9-12(17(18)19)7-8-14(13)16(10)11-5-3-2-4-6-11/h7-9,11H,2-6H2,1H3. The van der Waals surface area contributed by atoms with Crippen molar-refractivity contribution < 1.29 is 4.92 Å². The van der Waals surface area contributed by atoms with Crippen LogP contribution in [0.2, 0.25) is 0 Å². The van der Waals surface area contributed by atoms with Gasteiger partial charge in [-0.3, -0.25) is 10.1 Å². The van der Waals surface area contributed by atoms with Gasteiger partial charge in [-0.25, -0.2) is 4.98 Å². The summed E-state index contributed by atoms with van der Waals surface area (Å²) in [5.41, 5.74) is 1.87. The molecule has 0 saturated heterocycles. The van der Waals surface area contributed by atoms with E-state index in [-0.39, 0.29) is 10.6 Å². The van der Waals surface area contributed by atoms with Gasteiger partial charge in [0.25, 0.3) is 5.69 Å². The maximum absolute atomic E-state index is 10.8. The predicted molar refractivity (Wildman–Crippen MR) is 73.2 cm³/mol. The van der Waals surface area contributed by atoms with Crippen LogP contribution in [0.1, 0.15) is 44.0 Å². The van der Waals surface area contributed by atoms with Crippen molar-refractivity contribution in [1.29, 1.82) is 0 Å². The van der Waals surface area contributed by atoms with Gasteiger partial charge in [0.05, 0.1) is 16.0 Å². The number of fused-ring (bicyclic) bond motifs is 1. The Morgan fingerprint density at radius 2 is 2.05 bits per heavy atom. The van der Waals surface area contributed by atoms with E-state index in [9.17, 15) is 10.1 Å². The molecule has 1 aliphatic carbocycles. The smallest absolute Gasteiger partial charge is 0.271 e. The lowest BCUT2D eigenvalue weighted by molar-refractivity contribution is -0.384. The van der Waals surface area contributed by atoms with Crippen molar-refractivity contribution in [1.82, 2.24) is 9.55 Å². The molecule has 0 radical (unpaired) electrons. The van der Waals surface area contributed by atoms with Crippen molar-refractivity contribution in [3.63, 3.8) is 0 Å². The van der Waals surface area contributed by atoms with Crippen LogP contribution in [0.5, 0.6) is 0 Å². The number of rotatable bonds is 2. The second-order valence-corrected chi connectivity index (χ2v) is 5.25. The van der Waals surface area contributed by atoms with Crippen molar-refractivity contribution in [3.8, 4) is 0 Å².